The summed E-state index contributed by atoms with van der Waals surface area (Å²) in [7, 11) is 0. The summed E-state index contributed by atoms with van der Waals surface area (Å²) in [6.45, 7) is 4.24. The summed E-state index contributed by atoms with van der Waals surface area (Å²) in [6, 6.07) is 0. The highest BCUT2D eigenvalue weighted by Gasteiger charge is 1.87. The Labute approximate surface area is 87.8 Å². The lowest BCUT2D eigenvalue weighted by Crippen LogP contribution is -1.76. The molecule has 0 amide bonds. The van der Waals surface area contributed by atoms with E-state index in [4.69, 9.17) is 11.6 Å². The van der Waals surface area contributed by atoms with Crippen molar-refractivity contribution in [3.8, 4) is 0 Å². The third-order valence-corrected chi connectivity index (χ3v) is 1.98. The molecule has 0 saturated carbocycles. The standard InChI is InChI=1S/C9H14ClI/c1-8(6-7-10)4-3-5-9(2)11/h5-6H,3-4,7H2,1-2H3/b8-6+,9-5+. The van der Waals surface area contributed by atoms with Crippen LogP contribution in [-0.2, 0) is 0 Å². The fraction of sp³-hybridized carbons (Fsp3) is 0.556. The Bertz CT molecular complexity index is 155. The van der Waals surface area contributed by atoms with E-state index in [1.807, 2.05) is 0 Å². The van der Waals surface area contributed by atoms with E-state index in [0.717, 1.165) is 12.8 Å². The molecule has 0 saturated heterocycles. The molecule has 0 spiro atoms. The fourth-order valence-corrected chi connectivity index (χ4v) is 1.31. The van der Waals surface area contributed by atoms with E-state index in [1.54, 1.807) is 0 Å². The van der Waals surface area contributed by atoms with Gasteiger partial charge in [-0.3, -0.25) is 0 Å². The maximum Gasteiger partial charge on any atom is 0.0406 e. The lowest BCUT2D eigenvalue weighted by molar-refractivity contribution is 0.972. The summed E-state index contributed by atoms with van der Waals surface area (Å²) in [4.78, 5) is 0. The van der Waals surface area contributed by atoms with Gasteiger partial charge in [-0.2, -0.15) is 0 Å². The number of rotatable bonds is 4. The molecule has 0 radical (unpaired) electrons. The van der Waals surface area contributed by atoms with Gasteiger partial charge in [-0.05, 0) is 52.9 Å². The Morgan fingerprint density at radius 1 is 1.36 bits per heavy atom. The van der Waals surface area contributed by atoms with Gasteiger partial charge in [-0.25, -0.2) is 0 Å². The molecule has 64 valence electrons. The first-order chi connectivity index (χ1) is 5.16. The number of hydrogen-bond donors (Lipinski definition) is 0. The molecule has 0 nitrogen and oxygen atoms in total. The topological polar surface area (TPSA) is 0 Å². The van der Waals surface area contributed by atoms with Gasteiger partial charge in [-0.15, -0.1) is 11.6 Å². The smallest absolute Gasteiger partial charge is 0.0406 e. The second-order valence-electron chi connectivity index (χ2n) is 2.53. The molecule has 2 heteroatoms. The van der Waals surface area contributed by atoms with Crippen LogP contribution in [0.3, 0.4) is 0 Å². The van der Waals surface area contributed by atoms with Crippen LogP contribution in [0.2, 0.25) is 0 Å². The van der Waals surface area contributed by atoms with Gasteiger partial charge in [0.25, 0.3) is 0 Å². The van der Waals surface area contributed by atoms with Gasteiger partial charge < -0.3 is 0 Å². The first-order valence-electron chi connectivity index (χ1n) is 3.70. The normalized spacial score (nSPS) is 13.8. The van der Waals surface area contributed by atoms with Crippen molar-refractivity contribution >= 4 is 34.2 Å². The largest absolute Gasteiger partial charge is 0.122 e. The van der Waals surface area contributed by atoms with Crippen LogP contribution in [0, 0.1) is 0 Å². The third-order valence-electron chi connectivity index (χ3n) is 1.39. The predicted molar refractivity (Wildman–Crippen MR) is 61.5 cm³/mol. The summed E-state index contributed by atoms with van der Waals surface area (Å²) in [5.74, 6) is 0.638. The Balaban J connectivity index is 3.54. The molecule has 0 fully saturated rings. The molecule has 11 heavy (non-hydrogen) atoms. The van der Waals surface area contributed by atoms with Gasteiger partial charge in [0.05, 0.1) is 0 Å². The van der Waals surface area contributed by atoms with E-state index in [-0.39, 0.29) is 0 Å². The van der Waals surface area contributed by atoms with Crippen molar-refractivity contribution in [2.24, 2.45) is 0 Å². The molecule has 0 aliphatic heterocycles. The van der Waals surface area contributed by atoms with Gasteiger partial charge in [0.1, 0.15) is 0 Å². The maximum absolute atomic E-state index is 5.54. The van der Waals surface area contributed by atoms with Crippen LogP contribution < -0.4 is 0 Å². The molecule has 0 N–H and O–H groups in total. The molecule has 0 atom stereocenters. The summed E-state index contributed by atoms with van der Waals surface area (Å²) < 4.78 is 1.36. The van der Waals surface area contributed by atoms with Crippen molar-refractivity contribution in [2.75, 3.05) is 5.88 Å². The maximum atomic E-state index is 5.54. The Morgan fingerprint density at radius 2 is 2.00 bits per heavy atom. The van der Waals surface area contributed by atoms with Crippen LogP contribution in [0.4, 0.5) is 0 Å². The second-order valence-corrected chi connectivity index (χ2v) is 4.54. The van der Waals surface area contributed by atoms with Crippen LogP contribution in [0.15, 0.2) is 21.3 Å². The molecular weight excluding hydrogens is 270 g/mol. The number of halogens is 2. The van der Waals surface area contributed by atoms with Crippen molar-refractivity contribution in [1.29, 1.82) is 0 Å². The van der Waals surface area contributed by atoms with E-state index >= 15 is 0 Å². The minimum atomic E-state index is 0.638. The van der Waals surface area contributed by atoms with Crippen LogP contribution in [0.25, 0.3) is 0 Å². The van der Waals surface area contributed by atoms with Crippen LogP contribution in [0.5, 0.6) is 0 Å². The van der Waals surface area contributed by atoms with Crippen molar-refractivity contribution in [1.82, 2.24) is 0 Å². The zero-order valence-electron chi connectivity index (χ0n) is 7.03. The van der Waals surface area contributed by atoms with Gasteiger partial charge in [-0.1, -0.05) is 17.7 Å². The van der Waals surface area contributed by atoms with Crippen LogP contribution in [-0.4, -0.2) is 5.88 Å². The molecule has 0 aliphatic rings. The Kier molecular flexibility index (Phi) is 7.49. The number of hydrogen-bond acceptors (Lipinski definition) is 0. The van der Waals surface area contributed by atoms with E-state index in [2.05, 4.69) is 48.6 Å². The highest BCUT2D eigenvalue weighted by atomic mass is 127. The number of allylic oxidation sites excluding steroid dienone is 4. The lowest BCUT2D eigenvalue weighted by atomic mass is 10.1. The predicted octanol–water partition coefficient (Wildman–Crippen LogP) is 4.29. The Hall–Kier alpha value is 0.500. The van der Waals surface area contributed by atoms with Gasteiger partial charge in [0.2, 0.25) is 0 Å². The summed E-state index contributed by atoms with van der Waals surface area (Å²) in [6.07, 6.45) is 6.57. The van der Waals surface area contributed by atoms with E-state index in [1.165, 1.54) is 9.15 Å². The Morgan fingerprint density at radius 3 is 2.45 bits per heavy atom. The van der Waals surface area contributed by atoms with Crippen molar-refractivity contribution in [3.05, 3.63) is 21.3 Å². The molecule has 0 aromatic heterocycles. The van der Waals surface area contributed by atoms with E-state index < -0.39 is 0 Å². The molecule has 0 aromatic rings. The zero-order valence-corrected chi connectivity index (χ0v) is 9.95. The van der Waals surface area contributed by atoms with Crippen molar-refractivity contribution in [3.63, 3.8) is 0 Å². The first kappa shape index (κ1) is 11.5. The summed E-state index contributed by atoms with van der Waals surface area (Å²) in [5.41, 5.74) is 1.38. The average Bonchev–Trinajstić information content (AvgIpc) is 1.87. The van der Waals surface area contributed by atoms with Crippen molar-refractivity contribution in [2.45, 2.75) is 26.7 Å². The van der Waals surface area contributed by atoms with Crippen LogP contribution >= 0.6 is 34.2 Å². The monoisotopic (exact) mass is 284 g/mol. The van der Waals surface area contributed by atoms with Gasteiger partial charge in [0.15, 0.2) is 0 Å². The summed E-state index contributed by atoms with van der Waals surface area (Å²) in [5, 5.41) is 0. The molecule has 0 heterocycles. The molecule has 0 bridgehead atoms. The lowest BCUT2D eigenvalue weighted by Gasteiger charge is -1.95. The van der Waals surface area contributed by atoms with Gasteiger partial charge >= 0.3 is 0 Å². The molecule has 0 aliphatic carbocycles. The SMILES string of the molecule is C/C(I)=C\CC/C(C)=C/CCl. The molecule has 0 aromatic carbocycles. The highest BCUT2D eigenvalue weighted by molar-refractivity contribution is 14.1. The first-order valence-corrected chi connectivity index (χ1v) is 5.32. The third kappa shape index (κ3) is 8.41. The molecular formula is C9H14ClI. The average molecular weight is 285 g/mol. The van der Waals surface area contributed by atoms with Gasteiger partial charge in [0, 0.05) is 5.88 Å². The quantitative estimate of drug-likeness (QED) is 0.410. The second kappa shape index (κ2) is 7.17. The van der Waals surface area contributed by atoms with E-state index in [0.29, 0.717) is 5.88 Å². The summed E-state index contributed by atoms with van der Waals surface area (Å²) >= 11 is 7.87. The minimum absolute atomic E-state index is 0.638. The van der Waals surface area contributed by atoms with Crippen LogP contribution in [0.1, 0.15) is 26.7 Å². The van der Waals surface area contributed by atoms with E-state index in [9.17, 15) is 0 Å². The molecule has 0 unspecified atom stereocenters. The molecule has 0 rings (SSSR count). The van der Waals surface area contributed by atoms with Crippen molar-refractivity contribution < 1.29 is 0 Å². The highest BCUT2D eigenvalue weighted by Crippen LogP contribution is 2.10. The fourth-order valence-electron chi connectivity index (χ4n) is 0.732. The number of alkyl halides is 1. The zero-order chi connectivity index (χ0) is 8.69. The minimum Gasteiger partial charge on any atom is -0.122 e.